The molecule has 0 bridgehead atoms. The van der Waals surface area contributed by atoms with Crippen molar-refractivity contribution in [3.05, 3.63) is 87.0 Å². The van der Waals surface area contributed by atoms with Gasteiger partial charge in [0, 0.05) is 15.6 Å². The first kappa shape index (κ1) is 22.3. The smallest absolute Gasteiger partial charge is 0.337 e. The number of carbonyl (C=O) groups is 1. The number of halogens is 2. The summed E-state index contributed by atoms with van der Waals surface area (Å²) in [5, 5.41) is 16.1. The van der Waals surface area contributed by atoms with Crippen LogP contribution in [0.4, 0.5) is 21.5 Å². The van der Waals surface area contributed by atoms with E-state index < -0.39 is 11.8 Å². The van der Waals surface area contributed by atoms with Gasteiger partial charge in [0.2, 0.25) is 0 Å². The quantitative estimate of drug-likeness (QED) is 0.161. The van der Waals surface area contributed by atoms with E-state index in [0.717, 1.165) is 17.3 Å². The first-order valence-corrected chi connectivity index (χ1v) is 10.2. The molecular weight excluding hydrogens is 443 g/mol. The molecule has 0 aliphatic carbocycles. The first-order chi connectivity index (χ1) is 14.9. The lowest BCUT2D eigenvalue weighted by Crippen LogP contribution is -2.06. The van der Waals surface area contributed by atoms with E-state index in [2.05, 4.69) is 15.3 Å². The fraction of sp³-hybridized carbons (Fsp3) is 0.0952. The monoisotopic (exact) mass is 458 g/mol. The second kappa shape index (κ2) is 10.1. The molecule has 10 heteroatoms. The Labute approximate surface area is 186 Å². The van der Waals surface area contributed by atoms with Crippen molar-refractivity contribution in [2.24, 2.45) is 5.11 Å². The molecule has 2 N–H and O–H groups in total. The van der Waals surface area contributed by atoms with Crippen molar-refractivity contribution >= 4 is 46.4 Å². The molecule has 0 aromatic heterocycles. The van der Waals surface area contributed by atoms with Gasteiger partial charge in [0.1, 0.15) is 5.75 Å². The molecule has 0 atom stereocenters. The first-order valence-electron chi connectivity index (χ1n) is 8.86. The van der Waals surface area contributed by atoms with E-state index in [-0.39, 0.29) is 26.9 Å². The second-order valence-electron chi connectivity index (χ2n) is 6.20. The lowest BCUT2D eigenvalue weighted by atomic mass is 10.1. The van der Waals surface area contributed by atoms with Gasteiger partial charge in [-0.1, -0.05) is 41.0 Å². The Morgan fingerprint density at radius 1 is 1.29 bits per heavy atom. The number of methoxy groups -OCH3 is 1. The predicted octanol–water partition coefficient (Wildman–Crippen LogP) is 7.16. The zero-order valence-corrected chi connectivity index (χ0v) is 17.7. The van der Waals surface area contributed by atoms with E-state index in [0.29, 0.717) is 17.2 Å². The van der Waals surface area contributed by atoms with E-state index in [1.165, 1.54) is 6.07 Å². The zero-order chi connectivity index (χ0) is 22.4. The average molecular weight is 459 g/mol. The van der Waals surface area contributed by atoms with Crippen LogP contribution >= 0.6 is 23.4 Å². The summed E-state index contributed by atoms with van der Waals surface area (Å²) < 4.78 is 20.4. The van der Waals surface area contributed by atoms with Gasteiger partial charge in [0.25, 0.3) is 0 Å². The Morgan fingerprint density at radius 3 is 2.61 bits per heavy atom. The van der Waals surface area contributed by atoms with Gasteiger partial charge in [-0.05, 0) is 41.4 Å². The molecule has 0 heterocycles. The predicted molar refractivity (Wildman–Crippen MR) is 119 cm³/mol. The van der Waals surface area contributed by atoms with Crippen molar-refractivity contribution in [3.63, 3.8) is 0 Å². The summed E-state index contributed by atoms with van der Waals surface area (Å²) >= 11 is 7.26. The molecule has 0 unspecified atom stereocenters. The van der Waals surface area contributed by atoms with Crippen LogP contribution in [0.3, 0.4) is 0 Å². The molecule has 3 aromatic carbocycles. The number of ether oxygens (including phenoxy) is 1. The van der Waals surface area contributed by atoms with Gasteiger partial charge < -0.3 is 15.2 Å². The molecule has 3 rings (SSSR count). The minimum Gasteiger partial charge on any atom is -0.497 e. The van der Waals surface area contributed by atoms with Gasteiger partial charge in [-0.3, -0.25) is 0 Å². The van der Waals surface area contributed by atoms with E-state index in [4.69, 9.17) is 21.9 Å². The summed E-state index contributed by atoms with van der Waals surface area (Å²) in [6.45, 7) is 0. The van der Waals surface area contributed by atoms with Gasteiger partial charge in [-0.2, -0.15) is 0 Å². The topological polar surface area (TPSA) is 107 Å². The largest absolute Gasteiger partial charge is 0.497 e. The maximum Gasteiger partial charge on any atom is 0.337 e. The third kappa shape index (κ3) is 5.21. The molecule has 0 saturated heterocycles. The van der Waals surface area contributed by atoms with E-state index in [1.807, 2.05) is 12.1 Å². The van der Waals surface area contributed by atoms with Gasteiger partial charge in [0.05, 0.1) is 34.8 Å². The number of hydrogen-bond acceptors (Lipinski definition) is 5. The number of carboxylic acids is 1. The lowest BCUT2D eigenvalue weighted by Gasteiger charge is -2.16. The van der Waals surface area contributed by atoms with Crippen LogP contribution in [-0.2, 0) is 5.75 Å². The van der Waals surface area contributed by atoms with Gasteiger partial charge in [0.15, 0.2) is 5.82 Å². The second-order valence-corrected chi connectivity index (χ2v) is 7.62. The number of carboxylic acid groups (broad SMARTS) is 1. The number of azide groups is 1. The molecule has 31 heavy (non-hydrogen) atoms. The number of para-hydroxylation sites is 1. The highest BCUT2D eigenvalue weighted by molar-refractivity contribution is 7.98. The third-order valence-electron chi connectivity index (χ3n) is 4.27. The maximum atomic E-state index is 15.3. The summed E-state index contributed by atoms with van der Waals surface area (Å²) in [7, 11) is 1.56. The Hall–Kier alpha value is -3.39. The molecule has 0 amide bonds. The number of nitrogens with zero attached hydrogens (tertiary/aromatic N) is 3. The highest BCUT2D eigenvalue weighted by atomic mass is 35.5. The minimum absolute atomic E-state index is 0.202. The van der Waals surface area contributed by atoms with Crippen LogP contribution in [0, 0.1) is 5.82 Å². The van der Waals surface area contributed by atoms with Crippen molar-refractivity contribution in [2.45, 2.75) is 10.6 Å². The van der Waals surface area contributed by atoms with Crippen molar-refractivity contribution in [2.75, 3.05) is 12.4 Å². The summed E-state index contributed by atoms with van der Waals surface area (Å²) in [6.07, 6.45) is 0. The van der Waals surface area contributed by atoms with Gasteiger partial charge in [-0.25, -0.2) is 9.18 Å². The van der Waals surface area contributed by atoms with Crippen LogP contribution in [0.5, 0.6) is 5.75 Å². The zero-order valence-electron chi connectivity index (χ0n) is 16.2. The molecule has 0 saturated carbocycles. The van der Waals surface area contributed by atoms with E-state index >= 15 is 4.39 Å². The Balaban J connectivity index is 2.02. The van der Waals surface area contributed by atoms with Crippen molar-refractivity contribution < 1.29 is 19.0 Å². The Kier molecular flexibility index (Phi) is 7.25. The van der Waals surface area contributed by atoms with Crippen LogP contribution in [-0.4, -0.2) is 18.2 Å². The standard InChI is InChI=1S/C21H16ClFN4O3S/c1-30-13-8-6-12(7-9-13)11-31-17-10-14(21(28)29)19(18(23)20(17)26-27-24)25-16-5-3-2-4-15(16)22/h2-10,25H,11H2,1H3,(H,28,29). The highest BCUT2D eigenvalue weighted by Gasteiger charge is 2.22. The Morgan fingerprint density at radius 2 is 2.00 bits per heavy atom. The van der Waals surface area contributed by atoms with Crippen LogP contribution in [0.2, 0.25) is 5.02 Å². The number of benzene rings is 3. The molecule has 158 valence electrons. The van der Waals surface area contributed by atoms with Crippen LogP contribution in [0.25, 0.3) is 10.4 Å². The number of aromatic carboxylic acids is 1. The molecular formula is C21H16ClFN4O3S. The summed E-state index contributed by atoms with van der Waals surface area (Å²) in [5.74, 6) is -1.23. The average Bonchev–Trinajstić information content (AvgIpc) is 2.77. The van der Waals surface area contributed by atoms with Crippen LogP contribution < -0.4 is 10.1 Å². The van der Waals surface area contributed by atoms with Crippen molar-refractivity contribution in [3.8, 4) is 5.75 Å². The molecule has 0 spiro atoms. The van der Waals surface area contributed by atoms with E-state index in [1.54, 1.807) is 43.5 Å². The summed E-state index contributed by atoms with van der Waals surface area (Å²) in [4.78, 5) is 14.8. The fourth-order valence-electron chi connectivity index (χ4n) is 2.74. The van der Waals surface area contributed by atoms with Crippen LogP contribution in [0.15, 0.2) is 64.6 Å². The van der Waals surface area contributed by atoms with Gasteiger partial charge >= 0.3 is 5.97 Å². The molecule has 0 aliphatic heterocycles. The number of thioether (sulfide) groups is 1. The number of anilines is 2. The molecule has 7 nitrogen and oxygen atoms in total. The fourth-order valence-corrected chi connectivity index (χ4v) is 3.90. The van der Waals surface area contributed by atoms with E-state index in [9.17, 15) is 9.90 Å². The normalized spacial score (nSPS) is 10.3. The molecule has 3 aromatic rings. The maximum absolute atomic E-state index is 15.3. The molecule has 0 aliphatic rings. The number of rotatable bonds is 8. The highest BCUT2D eigenvalue weighted by Crippen LogP contribution is 2.41. The summed E-state index contributed by atoms with van der Waals surface area (Å²) in [6, 6.07) is 15.0. The third-order valence-corrected chi connectivity index (χ3v) is 5.70. The SMILES string of the molecule is COc1ccc(CSc2cc(C(=O)O)c(Nc3ccccc3Cl)c(F)c2N=[N+]=[N-])cc1. The van der Waals surface area contributed by atoms with Crippen molar-refractivity contribution in [1.82, 2.24) is 0 Å². The lowest BCUT2D eigenvalue weighted by molar-refractivity contribution is 0.0697. The van der Waals surface area contributed by atoms with Gasteiger partial charge in [-0.15, -0.1) is 11.8 Å². The van der Waals surface area contributed by atoms with Crippen LogP contribution in [0.1, 0.15) is 15.9 Å². The number of hydrogen-bond donors (Lipinski definition) is 2. The Bertz CT molecular complexity index is 1170. The number of nitrogens with one attached hydrogen (secondary N) is 1. The molecule has 0 radical (unpaired) electrons. The van der Waals surface area contributed by atoms with Crippen molar-refractivity contribution in [1.29, 1.82) is 0 Å². The molecule has 0 fully saturated rings. The summed E-state index contributed by atoms with van der Waals surface area (Å²) in [5.41, 5.74) is 9.20. The minimum atomic E-state index is -1.34.